The molecule has 1 saturated heterocycles. The summed E-state index contributed by atoms with van der Waals surface area (Å²) in [6, 6.07) is 5.87. The number of carbonyl (C=O) groups excluding carboxylic acids is 1. The molecule has 0 N–H and O–H groups in total. The zero-order chi connectivity index (χ0) is 16.0. The Balaban J connectivity index is 1.78. The number of benzene rings is 1. The molecule has 0 amide bonds. The van der Waals surface area contributed by atoms with Gasteiger partial charge < -0.3 is 9.47 Å². The van der Waals surface area contributed by atoms with Gasteiger partial charge in [0.05, 0.1) is 23.2 Å². The van der Waals surface area contributed by atoms with Gasteiger partial charge in [-0.3, -0.25) is 4.79 Å². The fraction of sp³-hybridized carbons (Fsp3) is 0.533. The molecule has 1 aromatic carbocycles. The van der Waals surface area contributed by atoms with E-state index >= 15 is 0 Å². The van der Waals surface area contributed by atoms with Crippen LogP contribution in [0.15, 0.2) is 29.2 Å². The standard InChI is InChI=1S/C15H19ClO5S/c16-12-4-6-14(7-5-12)22(18,19)10-8-15(17)21-11-13-3-1-2-9-20-13/h4-7,13H,1-3,8-11H2. The highest BCUT2D eigenvalue weighted by Gasteiger charge is 2.19. The maximum absolute atomic E-state index is 12.1. The van der Waals surface area contributed by atoms with Crippen molar-refractivity contribution in [2.24, 2.45) is 0 Å². The molecular formula is C15H19ClO5S. The second-order valence-corrected chi connectivity index (χ2v) is 7.74. The van der Waals surface area contributed by atoms with Crippen LogP contribution in [0.4, 0.5) is 0 Å². The average Bonchev–Trinajstić information content (AvgIpc) is 2.52. The Morgan fingerprint density at radius 1 is 1.27 bits per heavy atom. The lowest BCUT2D eigenvalue weighted by Gasteiger charge is -2.22. The van der Waals surface area contributed by atoms with Crippen LogP contribution in [-0.4, -0.2) is 39.5 Å². The number of ether oxygens (including phenoxy) is 2. The summed E-state index contributed by atoms with van der Waals surface area (Å²) in [6.45, 7) is 0.882. The normalized spacial score (nSPS) is 18.9. The molecule has 1 aliphatic rings. The molecule has 0 spiro atoms. The largest absolute Gasteiger partial charge is 0.463 e. The van der Waals surface area contributed by atoms with Crippen molar-refractivity contribution in [3.8, 4) is 0 Å². The van der Waals surface area contributed by atoms with Crippen LogP contribution in [0.2, 0.25) is 5.02 Å². The Morgan fingerprint density at radius 3 is 2.64 bits per heavy atom. The highest BCUT2D eigenvalue weighted by atomic mass is 35.5. The first kappa shape index (κ1) is 17.2. The Morgan fingerprint density at radius 2 is 2.00 bits per heavy atom. The molecule has 2 rings (SSSR count). The van der Waals surface area contributed by atoms with Gasteiger partial charge in [-0.05, 0) is 43.5 Å². The topological polar surface area (TPSA) is 69.7 Å². The summed E-state index contributed by atoms with van der Waals surface area (Å²) in [5, 5.41) is 0.464. The third kappa shape index (κ3) is 5.26. The monoisotopic (exact) mass is 346 g/mol. The predicted octanol–water partition coefficient (Wildman–Crippen LogP) is 2.62. The van der Waals surface area contributed by atoms with Gasteiger partial charge in [0.25, 0.3) is 0 Å². The second-order valence-electron chi connectivity index (χ2n) is 5.19. The lowest BCUT2D eigenvalue weighted by atomic mass is 10.1. The van der Waals surface area contributed by atoms with Crippen LogP contribution in [0.1, 0.15) is 25.7 Å². The van der Waals surface area contributed by atoms with E-state index in [1.165, 1.54) is 24.3 Å². The van der Waals surface area contributed by atoms with Crippen LogP contribution in [0, 0.1) is 0 Å². The minimum atomic E-state index is -3.51. The first-order chi connectivity index (χ1) is 10.5. The van der Waals surface area contributed by atoms with Gasteiger partial charge in [-0.15, -0.1) is 0 Å². The van der Waals surface area contributed by atoms with E-state index in [1.54, 1.807) is 0 Å². The predicted molar refractivity (Wildman–Crippen MR) is 82.7 cm³/mol. The van der Waals surface area contributed by atoms with Crippen molar-refractivity contribution in [1.29, 1.82) is 0 Å². The number of hydrogen-bond donors (Lipinski definition) is 0. The molecular weight excluding hydrogens is 328 g/mol. The number of rotatable bonds is 6. The van der Waals surface area contributed by atoms with Crippen LogP contribution in [0.25, 0.3) is 0 Å². The quantitative estimate of drug-likeness (QED) is 0.740. The summed E-state index contributed by atoms with van der Waals surface area (Å²) in [4.78, 5) is 11.8. The van der Waals surface area contributed by atoms with E-state index in [-0.39, 0.29) is 29.8 Å². The maximum atomic E-state index is 12.1. The lowest BCUT2D eigenvalue weighted by Crippen LogP contribution is -2.26. The van der Waals surface area contributed by atoms with Gasteiger partial charge in [0, 0.05) is 11.6 Å². The summed E-state index contributed by atoms with van der Waals surface area (Å²) in [5.74, 6) is -0.800. The van der Waals surface area contributed by atoms with Gasteiger partial charge in [-0.25, -0.2) is 8.42 Å². The molecule has 1 aromatic rings. The van der Waals surface area contributed by atoms with Gasteiger partial charge in [-0.1, -0.05) is 11.6 Å². The SMILES string of the molecule is O=C(CCS(=O)(=O)c1ccc(Cl)cc1)OCC1CCCCO1. The summed E-state index contributed by atoms with van der Waals surface area (Å²) >= 11 is 5.72. The highest BCUT2D eigenvalue weighted by Crippen LogP contribution is 2.17. The number of esters is 1. The average molecular weight is 347 g/mol. The maximum Gasteiger partial charge on any atom is 0.306 e. The van der Waals surface area contributed by atoms with Gasteiger partial charge in [-0.2, -0.15) is 0 Å². The first-order valence-corrected chi connectivity index (χ1v) is 9.26. The van der Waals surface area contributed by atoms with E-state index in [0.29, 0.717) is 11.6 Å². The molecule has 0 saturated carbocycles. The van der Waals surface area contributed by atoms with Gasteiger partial charge in [0.1, 0.15) is 6.61 Å². The smallest absolute Gasteiger partial charge is 0.306 e. The van der Waals surface area contributed by atoms with Crippen molar-refractivity contribution < 1.29 is 22.7 Å². The zero-order valence-electron chi connectivity index (χ0n) is 12.2. The molecule has 7 heteroatoms. The van der Waals surface area contributed by atoms with Crippen molar-refractivity contribution in [3.05, 3.63) is 29.3 Å². The molecule has 22 heavy (non-hydrogen) atoms. The van der Waals surface area contributed by atoms with E-state index in [1.807, 2.05) is 0 Å². The second kappa shape index (κ2) is 7.94. The molecule has 0 radical (unpaired) electrons. The molecule has 0 aromatic heterocycles. The van der Waals surface area contributed by atoms with E-state index < -0.39 is 15.8 Å². The third-order valence-corrected chi connectivity index (χ3v) is 5.44. The molecule has 0 aliphatic carbocycles. The number of hydrogen-bond acceptors (Lipinski definition) is 5. The van der Waals surface area contributed by atoms with Crippen LogP contribution in [0.3, 0.4) is 0 Å². The summed E-state index contributed by atoms with van der Waals surface area (Å²) in [5.41, 5.74) is 0. The van der Waals surface area contributed by atoms with Crippen molar-refractivity contribution in [2.45, 2.75) is 36.7 Å². The lowest BCUT2D eigenvalue weighted by molar-refractivity contribution is -0.148. The number of halogens is 1. The molecule has 0 bridgehead atoms. The molecule has 1 heterocycles. The Bertz CT molecular complexity index is 591. The van der Waals surface area contributed by atoms with E-state index in [4.69, 9.17) is 21.1 Å². The minimum absolute atomic E-state index is 0.0643. The van der Waals surface area contributed by atoms with Crippen LogP contribution >= 0.6 is 11.6 Å². The Hall–Kier alpha value is -1.11. The van der Waals surface area contributed by atoms with Crippen molar-refractivity contribution >= 4 is 27.4 Å². The van der Waals surface area contributed by atoms with Gasteiger partial charge in [0.15, 0.2) is 9.84 Å². The third-order valence-electron chi connectivity index (χ3n) is 3.45. The number of sulfone groups is 1. The molecule has 1 unspecified atom stereocenters. The summed E-state index contributed by atoms with van der Waals surface area (Å²) in [7, 11) is -3.51. The van der Waals surface area contributed by atoms with Crippen LogP contribution in [0.5, 0.6) is 0 Å². The van der Waals surface area contributed by atoms with Crippen LogP contribution < -0.4 is 0 Å². The molecule has 1 atom stereocenters. The molecule has 122 valence electrons. The van der Waals surface area contributed by atoms with E-state index in [9.17, 15) is 13.2 Å². The van der Waals surface area contributed by atoms with Gasteiger partial charge >= 0.3 is 5.97 Å². The van der Waals surface area contributed by atoms with E-state index in [2.05, 4.69) is 0 Å². The minimum Gasteiger partial charge on any atom is -0.463 e. The zero-order valence-corrected chi connectivity index (χ0v) is 13.7. The Labute approximate surface area is 135 Å². The summed E-state index contributed by atoms with van der Waals surface area (Å²) in [6.07, 6.45) is 2.73. The molecule has 1 fully saturated rings. The van der Waals surface area contributed by atoms with Crippen molar-refractivity contribution in [1.82, 2.24) is 0 Å². The fourth-order valence-electron chi connectivity index (χ4n) is 2.17. The Kier molecular flexibility index (Phi) is 6.23. The van der Waals surface area contributed by atoms with Crippen LogP contribution in [-0.2, 0) is 24.1 Å². The van der Waals surface area contributed by atoms with Crippen molar-refractivity contribution in [2.75, 3.05) is 19.0 Å². The number of carbonyl (C=O) groups is 1. The molecule has 1 aliphatic heterocycles. The van der Waals surface area contributed by atoms with Crippen molar-refractivity contribution in [3.63, 3.8) is 0 Å². The fourth-order valence-corrected chi connectivity index (χ4v) is 3.52. The summed E-state index contributed by atoms with van der Waals surface area (Å²) < 4.78 is 34.7. The first-order valence-electron chi connectivity index (χ1n) is 7.23. The highest BCUT2D eigenvalue weighted by molar-refractivity contribution is 7.91. The van der Waals surface area contributed by atoms with Gasteiger partial charge in [0.2, 0.25) is 0 Å². The van der Waals surface area contributed by atoms with E-state index in [0.717, 1.165) is 19.3 Å². The molecule has 5 nitrogen and oxygen atoms in total.